The number of sulfonamides is 1. The summed E-state index contributed by atoms with van der Waals surface area (Å²) in [6.07, 6.45) is -4.98. The van der Waals surface area contributed by atoms with Gasteiger partial charge in [-0.25, -0.2) is 13.4 Å². The lowest BCUT2D eigenvalue weighted by atomic mass is 9.96. The summed E-state index contributed by atoms with van der Waals surface area (Å²) in [6, 6.07) is 8.31. The number of carbonyl (C=O) groups is 2. The van der Waals surface area contributed by atoms with Crippen LogP contribution in [-0.4, -0.2) is 38.4 Å². The zero-order valence-electron chi connectivity index (χ0n) is 17.8. The molecule has 1 aliphatic rings. The number of aromatic nitrogens is 1. The Kier molecular flexibility index (Phi) is 7.56. The van der Waals surface area contributed by atoms with Crippen LogP contribution in [0.15, 0.2) is 30.3 Å². The molecule has 1 saturated heterocycles. The van der Waals surface area contributed by atoms with E-state index >= 15 is 0 Å². The molecular weight excluding hydrogens is 513 g/mol. The molecular formula is C21H17ClF3N4O5S-. The lowest BCUT2D eigenvalue weighted by Gasteiger charge is -2.33. The molecule has 0 unspecified atom stereocenters. The van der Waals surface area contributed by atoms with E-state index in [2.05, 4.69) is 4.98 Å². The quantitative estimate of drug-likeness (QED) is 0.597. The van der Waals surface area contributed by atoms with Gasteiger partial charge in [0.05, 0.1) is 17.3 Å². The number of benzene rings is 1. The first-order valence-electron chi connectivity index (χ1n) is 10.1. The lowest BCUT2D eigenvalue weighted by Crippen LogP contribution is -2.43. The minimum atomic E-state index is -5.10. The molecule has 1 aromatic heterocycles. The van der Waals surface area contributed by atoms with Gasteiger partial charge in [0, 0.05) is 29.6 Å². The summed E-state index contributed by atoms with van der Waals surface area (Å²) in [5.74, 6) is -4.49. The Morgan fingerprint density at radius 2 is 1.91 bits per heavy atom. The number of carboxylic acids is 1. The molecule has 0 spiro atoms. The van der Waals surface area contributed by atoms with Gasteiger partial charge in [-0.2, -0.15) is 18.4 Å². The van der Waals surface area contributed by atoms with E-state index < -0.39 is 56.6 Å². The molecule has 3 rings (SSSR count). The van der Waals surface area contributed by atoms with Crippen LogP contribution in [0.2, 0.25) is 5.02 Å². The summed E-state index contributed by atoms with van der Waals surface area (Å²) in [4.78, 5) is 28.3. The second kappa shape index (κ2) is 10.1. The van der Waals surface area contributed by atoms with Gasteiger partial charge >= 0.3 is 6.18 Å². The summed E-state index contributed by atoms with van der Waals surface area (Å²) < 4.78 is 66.7. The van der Waals surface area contributed by atoms with Gasteiger partial charge < -0.3 is 14.8 Å². The average molecular weight is 530 g/mol. The second-order valence-electron chi connectivity index (χ2n) is 7.77. The van der Waals surface area contributed by atoms with Gasteiger partial charge in [0.25, 0.3) is 0 Å². The van der Waals surface area contributed by atoms with Crippen LogP contribution in [0.3, 0.4) is 0 Å². The number of nitrogens with zero attached hydrogens (tertiary/aromatic N) is 3. The van der Waals surface area contributed by atoms with Crippen LogP contribution in [-0.2, 0) is 26.7 Å². The molecule has 0 radical (unpaired) electrons. The predicted octanol–water partition coefficient (Wildman–Crippen LogP) is 1.85. The maximum Gasteiger partial charge on any atom is 0.434 e. The van der Waals surface area contributed by atoms with Gasteiger partial charge in [0.1, 0.15) is 11.9 Å². The van der Waals surface area contributed by atoms with Crippen molar-refractivity contribution < 1.29 is 36.3 Å². The molecule has 0 aliphatic carbocycles. The molecule has 0 atom stereocenters. The summed E-state index contributed by atoms with van der Waals surface area (Å²) in [5.41, 5.74) is -2.97. The maximum absolute atomic E-state index is 13.3. The first-order chi connectivity index (χ1) is 16.3. The predicted molar refractivity (Wildman–Crippen MR) is 115 cm³/mol. The minimum absolute atomic E-state index is 0.0178. The number of hydrogen-bond acceptors (Lipinski definition) is 8. The summed E-state index contributed by atoms with van der Waals surface area (Å²) in [5, 5.41) is 20.8. The van der Waals surface area contributed by atoms with Crippen LogP contribution in [0.1, 0.15) is 40.0 Å². The third-order valence-corrected chi connectivity index (χ3v) is 6.74. The fraction of sp³-hybridized carbons (Fsp3) is 0.333. The third-order valence-electron chi connectivity index (χ3n) is 5.28. The van der Waals surface area contributed by atoms with Crippen molar-refractivity contribution in [2.75, 3.05) is 18.0 Å². The van der Waals surface area contributed by atoms with E-state index in [1.54, 1.807) is 18.2 Å². The topological polar surface area (TPSA) is 143 Å². The van der Waals surface area contributed by atoms with Crippen molar-refractivity contribution in [3.8, 4) is 6.07 Å². The number of nitrogens with one attached hydrogen (secondary N) is 1. The highest BCUT2D eigenvalue weighted by Crippen LogP contribution is 2.34. The lowest BCUT2D eigenvalue weighted by molar-refractivity contribution is -0.255. The van der Waals surface area contributed by atoms with E-state index in [0.717, 1.165) is 0 Å². The Morgan fingerprint density at radius 3 is 2.46 bits per heavy atom. The van der Waals surface area contributed by atoms with E-state index in [4.69, 9.17) is 11.6 Å². The molecule has 35 heavy (non-hydrogen) atoms. The highest BCUT2D eigenvalue weighted by Gasteiger charge is 2.38. The van der Waals surface area contributed by atoms with Crippen molar-refractivity contribution in [1.82, 2.24) is 9.71 Å². The van der Waals surface area contributed by atoms with Crippen molar-refractivity contribution >= 4 is 39.3 Å². The van der Waals surface area contributed by atoms with Crippen LogP contribution in [0.4, 0.5) is 19.0 Å². The summed E-state index contributed by atoms with van der Waals surface area (Å²) >= 11 is 5.84. The van der Waals surface area contributed by atoms with Gasteiger partial charge in [0.15, 0.2) is 5.69 Å². The van der Waals surface area contributed by atoms with Crippen LogP contribution in [0.5, 0.6) is 0 Å². The zero-order chi connectivity index (χ0) is 26.0. The molecule has 1 amide bonds. The van der Waals surface area contributed by atoms with E-state index in [0.29, 0.717) is 16.7 Å². The van der Waals surface area contributed by atoms with Gasteiger partial charge in [-0.1, -0.05) is 23.7 Å². The molecule has 186 valence electrons. The van der Waals surface area contributed by atoms with E-state index in [-0.39, 0.29) is 31.7 Å². The highest BCUT2D eigenvalue weighted by atomic mass is 35.5. The highest BCUT2D eigenvalue weighted by molar-refractivity contribution is 7.89. The molecule has 0 saturated carbocycles. The normalized spacial score (nSPS) is 14.9. The first kappa shape index (κ1) is 26.2. The second-order valence-corrected chi connectivity index (χ2v) is 9.93. The number of amides is 1. The fourth-order valence-electron chi connectivity index (χ4n) is 3.67. The fourth-order valence-corrected chi connectivity index (χ4v) is 5.05. The molecule has 0 bridgehead atoms. The molecule has 2 heterocycles. The van der Waals surface area contributed by atoms with Crippen molar-refractivity contribution in [3.63, 3.8) is 0 Å². The van der Waals surface area contributed by atoms with Crippen LogP contribution < -0.4 is 14.7 Å². The number of anilines is 1. The Hall–Kier alpha value is -3.37. The standard InChI is InChI=1S/C21H18ClF3N4O5S/c22-15-3-1-2-12(8-15)11-35(33,34)28-19(30)13-4-6-29(7-5-13)18-14(10-26)9-16(20(31)32)17(27-18)21(23,24)25/h1-3,8-9,13H,4-7,11H2,(H,28,30)(H,31,32)/p-1. The van der Waals surface area contributed by atoms with Gasteiger partial charge in [-0.15, -0.1) is 0 Å². The van der Waals surface area contributed by atoms with Crippen LogP contribution in [0.25, 0.3) is 0 Å². The molecule has 1 N–H and O–H groups in total. The minimum Gasteiger partial charge on any atom is -0.545 e. The number of piperidine rings is 1. The average Bonchev–Trinajstić information content (AvgIpc) is 2.77. The number of halogens is 4. The monoisotopic (exact) mass is 529 g/mol. The Labute approximate surface area is 203 Å². The number of pyridine rings is 1. The van der Waals surface area contributed by atoms with Crippen molar-refractivity contribution in [3.05, 3.63) is 57.7 Å². The number of carboxylic acid groups (broad SMARTS) is 1. The van der Waals surface area contributed by atoms with Gasteiger partial charge in [-0.3, -0.25) is 9.52 Å². The van der Waals surface area contributed by atoms with Crippen molar-refractivity contribution in [1.29, 1.82) is 5.26 Å². The first-order valence-corrected chi connectivity index (χ1v) is 12.1. The van der Waals surface area contributed by atoms with Crippen molar-refractivity contribution in [2.45, 2.75) is 24.8 Å². The van der Waals surface area contributed by atoms with E-state index in [9.17, 15) is 41.5 Å². The summed E-state index contributed by atoms with van der Waals surface area (Å²) in [7, 11) is -4.02. The Balaban J connectivity index is 1.72. The third kappa shape index (κ3) is 6.40. The Morgan fingerprint density at radius 1 is 1.26 bits per heavy atom. The van der Waals surface area contributed by atoms with Crippen LogP contribution >= 0.6 is 11.6 Å². The number of hydrogen-bond donors (Lipinski definition) is 1. The largest absolute Gasteiger partial charge is 0.545 e. The molecule has 9 nitrogen and oxygen atoms in total. The molecule has 1 aromatic carbocycles. The Bertz CT molecular complexity index is 1300. The zero-order valence-corrected chi connectivity index (χ0v) is 19.4. The van der Waals surface area contributed by atoms with E-state index in [1.807, 2.05) is 4.72 Å². The molecule has 14 heteroatoms. The maximum atomic E-state index is 13.3. The molecule has 2 aromatic rings. The number of alkyl halides is 3. The van der Waals surface area contributed by atoms with Crippen molar-refractivity contribution in [2.24, 2.45) is 5.92 Å². The van der Waals surface area contributed by atoms with E-state index in [1.165, 1.54) is 17.0 Å². The SMILES string of the molecule is N#Cc1cc(C(=O)[O-])c(C(F)(F)F)nc1N1CCC(C(=O)NS(=O)(=O)Cc2cccc(Cl)c2)CC1. The number of aromatic carboxylic acids is 1. The smallest absolute Gasteiger partial charge is 0.434 e. The van der Waals surface area contributed by atoms with Crippen LogP contribution in [0, 0.1) is 17.2 Å². The number of nitriles is 1. The van der Waals surface area contributed by atoms with Gasteiger partial charge in [-0.05, 0) is 36.6 Å². The summed E-state index contributed by atoms with van der Waals surface area (Å²) in [6.45, 7) is -0.0356. The number of carbonyl (C=O) groups excluding carboxylic acids is 2. The van der Waals surface area contributed by atoms with Gasteiger partial charge in [0.2, 0.25) is 15.9 Å². The number of rotatable bonds is 6. The molecule has 1 aliphatic heterocycles. The molecule has 1 fully saturated rings.